The molecule has 0 bridgehead atoms. The van der Waals surface area contributed by atoms with Gasteiger partial charge in [-0.1, -0.05) is 74.5 Å². The number of nitrogens with zero attached hydrogens (tertiary/aromatic N) is 2. The number of Topliss-reactive ketones (excluding diaryl/α,β-unsaturated/α-hetero) is 1. The topological polar surface area (TPSA) is 303 Å². The summed E-state index contributed by atoms with van der Waals surface area (Å²) >= 11 is 0. The third-order valence-corrected chi connectivity index (χ3v) is 11.5. The van der Waals surface area contributed by atoms with Gasteiger partial charge in [-0.25, -0.2) is 9.78 Å². The van der Waals surface area contributed by atoms with E-state index in [9.17, 15) is 48.6 Å². The Bertz CT molecular complexity index is 2210. The Morgan fingerprint density at radius 3 is 2.01 bits per heavy atom. The summed E-state index contributed by atoms with van der Waals surface area (Å²) in [6, 6.07) is 9.94. The molecule has 2 saturated heterocycles. The van der Waals surface area contributed by atoms with Crippen LogP contribution in [0, 0.1) is 5.92 Å². The molecule has 20 nitrogen and oxygen atoms in total. The van der Waals surface area contributed by atoms with Crippen LogP contribution in [0.5, 0.6) is 5.75 Å². The summed E-state index contributed by atoms with van der Waals surface area (Å²) in [7, 11) is 0. The van der Waals surface area contributed by atoms with Crippen molar-refractivity contribution in [1.29, 1.82) is 0 Å². The summed E-state index contributed by atoms with van der Waals surface area (Å²) in [5.74, 6) is -6.39. The van der Waals surface area contributed by atoms with Crippen LogP contribution in [0.2, 0.25) is 0 Å². The molecule has 67 heavy (non-hydrogen) atoms. The maximum Gasteiger partial charge on any atom is 0.316 e. The van der Waals surface area contributed by atoms with Crippen molar-refractivity contribution in [3.8, 4) is 5.75 Å². The zero-order chi connectivity index (χ0) is 48.6. The van der Waals surface area contributed by atoms with Crippen molar-refractivity contribution < 1.29 is 48.6 Å². The van der Waals surface area contributed by atoms with E-state index in [0.29, 0.717) is 17.5 Å². The number of ketones is 1. The number of amides is 8. The van der Waals surface area contributed by atoms with Gasteiger partial charge in [-0.15, -0.1) is 0 Å². The number of nitrogens with one attached hydrogen (secondary N) is 7. The number of carbonyl (C=O) groups is 8. The Labute approximate surface area is 389 Å². The van der Waals surface area contributed by atoms with Gasteiger partial charge in [0.05, 0.1) is 18.2 Å². The van der Waals surface area contributed by atoms with Gasteiger partial charge in [0.15, 0.2) is 11.5 Å². The third-order valence-electron chi connectivity index (χ3n) is 11.5. The molecular formula is C47H62N10O10. The lowest BCUT2D eigenvalue weighted by atomic mass is 9.93. The number of aromatic hydroxyl groups is 1. The Hall–Kier alpha value is -6.93. The second-order valence-corrected chi connectivity index (χ2v) is 17.2. The first-order chi connectivity index (χ1) is 32.1. The maximum atomic E-state index is 14.6. The zero-order valence-corrected chi connectivity index (χ0v) is 37.9. The Morgan fingerprint density at radius 1 is 0.776 bits per heavy atom. The molecule has 1 aromatic heterocycles. The lowest BCUT2D eigenvalue weighted by Gasteiger charge is -2.31. The van der Waals surface area contributed by atoms with E-state index in [1.165, 1.54) is 30.2 Å². The number of hydrogen-bond donors (Lipinski definition) is 10. The SMILES string of the molecule is CC(C)CC1NC(=O)NC(Cc2ccccc2)C(=O)N2CCCC2C(=O)NC(Cc2ccccc2)C(=O)NCC(NC(=O)c2ncccc2O)C(=O)NC(C(C)O)C(=O)NC(CCCN)C1=O. The van der Waals surface area contributed by atoms with E-state index in [2.05, 4.69) is 42.2 Å². The van der Waals surface area contributed by atoms with E-state index in [1.54, 1.807) is 60.7 Å². The Balaban J connectivity index is 1.57. The van der Waals surface area contributed by atoms with Gasteiger partial charge in [-0.3, -0.25) is 33.6 Å². The highest BCUT2D eigenvalue weighted by Gasteiger charge is 2.41. The van der Waals surface area contributed by atoms with Crippen molar-refractivity contribution in [3.05, 3.63) is 95.8 Å². The number of aromatic nitrogens is 1. The molecule has 2 aliphatic rings. The highest BCUT2D eigenvalue weighted by Crippen LogP contribution is 2.21. The number of nitrogens with two attached hydrogens (primary N) is 1. The Morgan fingerprint density at radius 2 is 1.40 bits per heavy atom. The maximum absolute atomic E-state index is 14.6. The van der Waals surface area contributed by atoms with Crippen LogP contribution in [0.3, 0.4) is 0 Å². The molecule has 8 amide bonds. The van der Waals surface area contributed by atoms with Gasteiger partial charge < -0.3 is 58.1 Å². The summed E-state index contributed by atoms with van der Waals surface area (Å²) in [5, 5.41) is 39.6. The van der Waals surface area contributed by atoms with E-state index >= 15 is 0 Å². The smallest absolute Gasteiger partial charge is 0.316 e. The summed E-state index contributed by atoms with van der Waals surface area (Å²) in [6.07, 6.45) is 0.690. The van der Waals surface area contributed by atoms with Crippen LogP contribution in [0.25, 0.3) is 0 Å². The molecule has 0 radical (unpaired) electrons. The number of fused-ring (bicyclic) bond motifs is 1. The van der Waals surface area contributed by atoms with E-state index in [4.69, 9.17) is 5.73 Å². The van der Waals surface area contributed by atoms with Crippen molar-refractivity contribution in [3.63, 3.8) is 0 Å². The van der Waals surface area contributed by atoms with Gasteiger partial charge in [0.1, 0.15) is 36.0 Å². The molecule has 8 unspecified atom stereocenters. The number of benzene rings is 2. The number of hydrogen-bond acceptors (Lipinski definition) is 12. The van der Waals surface area contributed by atoms with Gasteiger partial charge in [-0.05, 0) is 74.8 Å². The molecule has 2 fully saturated rings. The number of urea groups is 1. The lowest BCUT2D eigenvalue weighted by molar-refractivity contribution is -0.140. The van der Waals surface area contributed by atoms with Gasteiger partial charge in [0.25, 0.3) is 5.91 Å². The van der Waals surface area contributed by atoms with Crippen molar-refractivity contribution in [1.82, 2.24) is 47.1 Å². The van der Waals surface area contributed by atoms with Crippen LogP contribution < -0.4 is 43.0 Å². The molecule has 0 spiro atoms. The van der Waals surface area contributed by atoms with E-state index in [0.717, 1.165) is 0 Å². The fraction of sp³-hybridized carbons (Fsp3) is 0.468. The highest BCUT2D eigenvalue weighted by atomic mass is 16.3. The first kappa shape index (κ1) is 51.1. The van der Waals surface area contributed by atoms with Crippen LogP contribution >= 0.6 is 0 Å². The second-order valence-electron chi connectivity index (χ2n) is 17.2. The first-order valence-corrected chi connectivity index (χ1v) is 22.6. The predicted molar refractivity (Wildman–Crippen MR) is 245 cm³/mol. The average molecular weight is 927 g/mol. The van der Waals surface area contributed by atoms with Gasteiger partial charge in [-0.2, -0.15) is 0 Å². The lowest BCUT2D eigenvalue weighted by Crippen LogP contribution is -2.63. The number of carbonyl (C=O) groups excluding carboxylic acids is 8. The minimum atomic E-state index is -1.74. The molecule has 2 aromatic carbocycles. The molecule has 360 valence electrons. The van der Waals surface area contributed by atoms with Crippen molar-refractivity contribution in [2.75, 3.05) is 19.6 Å². The summed E-state index contributed by atoms with van der Waals surface area (Å²) in [6.45, 7) is 4.54. The monoisotopic (exact) mass is 926 g/mol. The largest absolute Gasteiger partial charge is 0.505 e. The minimum absolute atomic E-state index is 0.00933. The van der Waals surface area contributed by atoms with Crippen LogP contribution in [0.4, 0.5) is 4.79 Å². The first-order valence-electron chi connectivity index (χ1n) is 22.6. The van der Waals surface area contributed by atoms with Crippen LogP contribution in [0.1, 0.15) is 74.5 Å². The molecule has 2 aliphatic heterocycles. The molecular weight excluding hydrogens is 865 g/mol. The second kappa shape index (κ2) is 24.6. The Kier molecular flexibility index (Phi) is 18.7. The number of rotatable bonds is 12. The third kappa shape index (κ3) is 14.5. The van der Waals surface area contributed by atoms with E-state index < -0.39 is 114 Å². The molecule has 5 rings (SSSR count). The van der Waals surface area contributed by atoms with Crippen molar-refractivity contribution in [2.45, 2.75) is 114 Å². The molecule has 20 heteroatoms. The number of pyridine rings is 1. The quantitative estimate of drug-likeness (QED) is 0.112. The fourth-order valence-corrected chi connectivity index (χ4v) is 8.06. The van der Waals surface area contributed by atoms with Crippen LogP contribution in [-0.2, 0) is 41.6 Å². The van der Waals surface area contributed by atoms with Gasteiger partial charge in [0.2, 0.25) is 29.5 Å². The van der Waals surface area contributed by atoms with Gasteiger partial charge in [0, 0.05) is 32.1 Å². The molecule has 0 saturated carbocycles. The molecule has 11 N–H and O–H groups in total. The van der Waals surface area contributed by atoms with Gasteiger partial charge >= 0.3 is 6.03 Å². The highest BCUT2D eigenvalue weighted by molar-refractivity contribution is 6.01. The van der Waals surface area contributed by atoms with E-state index in [1.807, 2.05) is 13.8 Å². The minimum Gasteiger partial charge on any atom is -0.505 e. The normalized spacial score (nSPS) is 24.4. The summed E-state index contributed by atoms with van der Waals surface area (Å²) in [5.41, 5.74) is 6.72. The average Bonchev–Trinajstić information content (AvgIpc) is 3.80. The zero-order valence-electron chi connectivity index (χ0n) is 37.9. The van der Waals surface area contributed by atoms with Crippen molar-refractivity contribution in [2.24, 2.45) is 11.7 Å². The molecule has 3 heterocycles. The van der Waals surface area contributed by atoms with Crippen molar-refractivity contribution >= 4 is 47.3 Å². The van der Waals surface area contributed by atoms with Crippen LogP contribution in [0.15, 0.2) is 79.0 Å². The molecule has 3 aromatic rings. The number of aliphatic hydroxyl groups is 1. The standard InChI is InChI=1S/C47H62N10O10/c1-27(2)23-32-40(60)31(17-10-20-48)51-44(64)38(28(3)58)56-42(62)35(53-45(65)39-37(59)19-11-21-49-39)26-50-41(61)33(24-29-13-6-4-7-14-29)52-43(63)36-18-12-22-57(36)46(66)34(55-47(67)54-32)25-30-15-8-5-9-16-30/h4-9,11,13-16,19,21,27-28,31-36,38,58-59H,10,12,17-18,20,22-26,48H2,1-3H3,(H,50,61)(H,51,64)(H,52,63)(H,53,65)(H,56,62)(H2,54,55,67). The summed E-state index contributed by atoms with van der Waals surface area (Å²) < 4.78 is 0. The fourth-order valence-electron chi connectivity index (χ4n) is 8.06. The van der Waals surface area contributed by atoms with Crippen LogP contribution in [-0.4, -0.2) is 135 Å². The number of aliphatic hydroxyl groups excluding tert-OH is 1. The van der Waals surface area contributed by atoms with E-state index in [-0.39, 0.29) is 57.5 Å². The molecule has 8 atom stereocenters. The summed E-state index contributed by atoms with van der Waals surface area (Å²) in [4.78, 5) is 118. The molecule has 0 aliphatic carbocycles. The predicted octanol–water partition coefficient (Wildman–Crippen LogP) is -0.282.